The second-order valence-corrected chi connectivity index (χ2v) is 6.58. The molecule has 0 atom stereocenters. The van der Waals surface area contributed by atoms with Gasteiger partial charge < -0.3 is 8.98 Å². The molecule has 0 saturated heterocycles. The van der Waals surface area contributed by atoms with Crippen molar-refractivity contribution in [2.45, 2.75) is 19.8 Å². The van der Waals surface area contributed by atoms with Crippen LogP contribution in [-0.4, -0.2) is 4.57 Å². The van der Waals surface area contributed by atoms with Crippen LogP contribution < -0.4 is 0 Å². The van der Waals surface area contributed by atoms with Crippen LogP contribution in [0.2, 0.25) is 0 Å². The van der Waals surface area contributed by atoms with Gasteiger partial charge in [-0.05, 0) is 36.2 Å². The highest BCUT2D eigenvalue weighted by atomic mass is 16.3. The van der Waals surface area contributed by atoms with E-state index in [-0.39, 0.29) is 0 Å². The number of fused-ring (bicyclic) bond motifs is 6. The number of aromatic nitrogens is 1. The summed E-state index contributed by atoms with van der Waals surface area (Å²) in [7, 11) is 2.16. The molecule has 0 spiro atoms. The maximum absolute atomic E-state index is 6.11. The largest absolute Gasteiger partial charge is 0.456 e. The van der Waals surface area contributed by atoms with Gasteiger partial charge in [-0.3, -0.25) is 0 Å². The predicted octanol–water partition coefficient (Wildman–Crippen LogP) is 6.18. The first kappa shape index (κ1) is 13.7. The molecule has 3 aromatic carbocycles. The van der Waals surface area contributed by atoms with Crippen molar-refractivity contribution >= 4 is 43.7 Å². The van der Waals surface area contributed by atoms with Crippen LogP contribution >= 0.6 is 0 Å². The van der Waals surface area contributed by atoms with Gasteiger partial charge in [-0.25, -0.2) is 0 Å². The van der Waals surface area contributed by atoms with Crippen molar-refractivity contribution in [3.05, 3.63) is 60.2 Å². The van der Waals surface area contributed by atoms with Gasteiger partial charge in [-0.2, -0.15) is 0 Å². The van der Waals surface area contributed by atoms with E-state index >= 15 is 0 Å². The van der Waals surface area contributed by atoms with Crippen molar-refractivity contribution in [3.63, 3.8) is 0 Å². The number of nitrogens with zero attached hydrogens (tertiary/aromatic N) is 1. The van der Waals surface area contributed by atoms with Gasteiger partial charge in [0.15, 0.2) is 0 Å². The summed E-state index contributed by atoms with van der Waals surface area (Å²) in [6, 6.07) is 19.4. The lowest BCUT2D eigenvalue weighted by Gasteiger charge is -2.02. The van der Waals surface area contributed by atoms with E-state index in [1.54, 1.807) is 0 Å². The Labute approximate surface area is 140 Å². The Hall–Kier alpha value is -2.74. The highest BCUT2D eigenvalue weighted by Gasteiger charge is 2.15. The van der Waals surface area contributed by atoms with Crippen LogP contribution in [0.4, 0.5) is 0 Å². The Morgan fingerprint density at radius 2 is 1.71 bits per heavy atom. The van der Waals surface area contributed by atoms with Gasteiger partial charge in [-0.15, -0.1) is 0 Å². The first-order valence-electron chi connectivity index (χ1n) is 8.59. The lowest BCUT2D eigenvalue weighted by Crippen LogP contribution is -1.88. The number of hydrogen-bond acceptors (Lipinski definition) is 1. The summed E-state index contributed by atoms with van der Waals surface area (Å²) >= 11 is 0. The molecule has 2 heterocycles. The van der Waals surface area contributed by atoms with Crippen LogP contribution in [0.25, 0.3) is 43.7 Å². The number of hydrogen-bond donors (Lipinski definition) is 0. The molecule has 0 N–H and O–H groups in total. The molecule has 0 aliphatic carbocycles. The molecule has 0 saturated carbocycles. The third-order valence-electron chi connectivity index (χ3n) is 5.14. The highest BCUT2D eigenvalue weighted by molar-refractivity contribution is 6.17. The quantitative estimate of drug-likeness (QED) is 0.380. The smallest absolute Gasteiger partial charge is 0.136 e. The third kappa shape index (κ3) is 1.71. The van der Waals surface area contributed by atoms with Crippen molar-refractivity contribution in [1.29, 1.82) is 0 Å². The van der Waals surface area contributed by atoms with Gasteiger partial charge in [0.1, 0.15) is 11.2 Å². The molecule has 0 aliphatic heterocycles. The maximum atomic E-state index is 6.11. The Morgan fingerprint density at radius 1 is 0.833 bits per heavy atom. The van der Waals surface area contributed by atoms with E-state index < -0.39 is 0 Å². The van der Waals surface area contributed by atoms with Crippen molar-refractivity contribution < 1.29 is 4.42 Å². The van der Waals surface area contributed by atoms with Crippen LogP contribution in [0.3, 0.4) is 0 Å². The summed E-state index contributed by atoms with van der Waals surface area (Å²) in [4.78, 5) is 0. The minimum absolute atomic E-state index is 0.959. The minimum Gasteiger partial charge on any atom is -0.456 e. The van der Waals surface area contributed by atoms with Crippen LogP contribution in [0.15, 0.2) is 59.0 Å². The van der Waals surface area contributed by atoms with E-state index in [1.807, 2.05) is 12.1 Å². The molecule has 0 bridgehead atoms. The van der Waals surface area contributed by atoms with E-state index in [2.05, 4.69) is 61.0 Å². The number of aryl methyl sites for hydroxylation is 2. The topological polar surface area (TPSA) is 18.1 Å². The van der Waals surface area contributed by atoms with Crippen molar-refractivity contribution in [1.82, 2.24) is 4.57 Å². The average Bonchev–Trinajstić information content (AvgIpc) is 3.10. The molecule has 0 unspecified atom stereocenters. The molecular formula is C22H19NO. The molecular weight excluding hydrogens is 294 g/mol. The van der Waals surface area contributed by atoms with Crippen molar-refractivity contribution in [2.24, 2.45) is 7.05 Å². The molecule has 2 heteroatoms. The molecule has 2 nitrogen and oxygen atoms in total. The average molecular weight is 313 g/mol. The predicted molar refractivity (Wildman–Crippen MR) is 102 cm³/mol. The number of furan rings is 1. The molecule has 0 amide bonds. The molecule has 24 heavy (non-hydrogen) atoms. The Balaban J connectivity index is 1.99. The summed E-state index contributed by atoms with van der Waals surface area (Å²) in [6.45, 7) is 2.24. The van der Waals surface area contributed by atoms with Gasteiger partial charge in [0, 0.05) is 39.6 Å². The Morgan fingerprint density at radius 3 is 2.58 bits per heavy atom. The zero-order valence-electron chi connectivity index (χ0n) is 14.0. The second-order valence-electron chi connectivity index (χ2n) is 6.58. The Kier molecular flexibility index (Phi) is 2.78. The third-order valence-corrected chi connectivity index (χ3v) is 5.14. The van der Waals surface area contributed by atoms with E-state index in [0.717, 1.165) is 24.0 Å². The van der Waals surface area contributed by atoms with Crippen LogP contribution in [-0.2, 0) is 13.5 Å². The zero-order chi connectivity index (χ0) is 16.3. The fraction of sp³-hybridized carbons (Fsp3) is 0.182. The molecule has 0 aliphatic rings. The van der Waals surface area contributed by atoms with E-state index in [9.17, 15) is 0 Å². The van der Waals surface area contributed by atoms with Gasteiger partial charge in [0.25, 0.3) is 0 Å². The number of rotatable bonds is 2. The van der Waals surface area contributed by atoms with E-state index in [4.69, 9.17) is 4.42 Å². The summed E-state index contributed by atoms with van der Waals surface area (Å²) < 4.78 is 8.42. The molecule has 118 valence electrons. The lowest BCUT2D eigenvalue weighted by molar-refractivity contribution is 0.669. The van der Waals surface area contributed by atoms with Gasteiger partial charge >= 0.3 is 0 Å². The Bertz CT molecular complexity index is 1220. The van der Waals surface area contributed by atoms with Crippen molar-refractivity contribution in [3.8, 4) is 0 Å². The number of para-hydroxylation sites is 1. The summed E-state index contributed by atoms with van der Waals surface area (Å²) in [5.74, 6) is 0. The first-order chi connectivity index (χ1) is 11.8. The highest BCUT2D eigenvalue weighted by Crippen LogP contribution is 2.37. The lowest BCUT2D eigenvalue weighted by atomic mass is 10.0. The fourth-order valence-electron chi connectivity index (χ4n) is 4.02. The summed E-state index contributed by atoms with van der Waals surface area (Å²) in [5.41, 5.74) is 5.93. The molecule has 0 radical (unpaired) electrons. The van der Waals surface area contributed by atoms with Crippen LogP contribution in [0.1, 0.15) is 18.9 Å². The normalized spacial score (nSPS) is 12.1. The summed E-state index contributed by atoms with van der Waals surface area (Å²) in [6.07, 6.45) is 2.26. The van der Waals surface area contributed by atoms with Gasteiger partial charge in [0.2, 0.25) is 0 Å². The maximum Gasteiger partial charge on any atom is 0.136 e. The SMILES string of the molecule is CCCc1cccc2c1c1cc3oc4ccccc4c3cc1n2C. The fourth-order valence-corrected chi connectivity index (χ4v) is 4.02. The van der Waals surface area contributed by atoms with Crippen LogP contribution in [0, 0.1) is 0 Å². The van der Waals surface area contributed by atoms with E-state index in [0.29, 0.717) is 0 Å². The number of benzene rings is 3. The second kappa shape index (κ2) is 4.88. The molecule has 2 aromatic heterocycles. The summed E-state index contributed by atoms with van der Waals surface area (Å²) in [5, 5.41) is 5.05. The molecule has 0 fully saturated rings. The van der Waals surface area contributed by atoms with Crippen LogP contribution in [0.5, 0.6) is 0 Å². The molecule has 5 rings (SSSR count). The zero-order valence-corrected chi connectivity index (χ0v) is 14.0. The molecule has 5 aromatic rings. The standard InChI is InChI=1S/C22H19NO/c1-3-7-14-8-6-10-18-22(14)17-13-21-16(12-19(17)23(18)2)15-9-4-5-11-20(15)24-21/h4-6,8-13H,3,7H2,1-2H3. The monoisotopic (exact) mass is 313 g/mol. The first-order valence-corrected chi connectivity index (χ1v) is 8.59. The van der Waals surface area contributed by atoms with E-state index in [1.165, 1.54) is 38.1 Å². The van der Waals surface area contributed by atoms with Gasteiger partial charge in [0.05, 0.1) is 0 Å². The van der Waals surface area contributed by atoms with Gasteiger partial charge in [-0.1, -0.05) is 43.7 Å². The van der Waals surface area contributed by atoms with Crippen molar-refractivity contribution in [2.75, 3.05) is 0 Å². The minimum atomic E-state index is 0.959.